The highest BCUT2D eigenvalue weighted by atomic mass is 16.6. The lowest BCUT2D eigenvalue weighted by Gasteiger charge is -2.29. The third kappa shape index (κ3) is 2.14. The molecule has 4 aliphatic rings. The molecule has 6 atom stereocenters. The Morgan fingerprint density at radius 3 is 2.31 bits per heavy atom. The number of para-hydroxylation sites is 1. The van der Waals surface area contributed by atoms with Gasteiger partial charge in [0.2, 0.25) is 11.8 Å². The SMILES string of the molecule is COc1ccc(C2=NO[C@@H]3[C@H]4C[C@H]([C@H]5C(=O)N(c6ccccc6)C(=O)[C@@H]45)[C@H]23)cc1. The molecule has 0 radical (unpaired) electrons. The molecule has 6 nitrogen and oxygen atoms in total. The number of benzene rings is 2. The molecule has 2 heterocycles. The summed E-state index contributed by atoms with van der Waals surface area (Å²) >= 11 is 0. The van der Waals surface area contributed by atoms with E-state index in [1.54, 1.807) is 7.11 Å². The van der Waals surface area contributed by atoms with E-state index >= 15 is 0 Å². The number of oxime groups is 1. The maximum Gasteiger partial charge on any atom is 0.238 e. The Labute approximate surface area is 168 Å². The van der Waals surface area contributed by atoms with E-state index in [1.807, 2.05) is 54.6 Å². The highest BCUT2D eigenvalue weighted by molar-refractivity contribution is 6.23. The van der Waals surface area contributed by atoms with Gasteiger partial charge in [-0.25, -0.2) is 0 Å². The molecule has 0 unspecified atom stereocenters. The number of hydrogen-bond acceptors (Lipinski definition) is 5. The van der Waals surface area contributed by atoms with Gasteiger partial charge in [0.1, 0.15) is 11.9 Å². The molecular formula is C23H20N2O4. The Morgan fingerprint density at radius 2 is 1.62 bits per heavy atom. The molecule has 2 aromatic rings. The molecule has 2 aromatic carbocycles. The third-order valence-corrected chi connectivity index (χ3v) is 7.09. The van der Waals surface area contributed by atoms with Crippen molar-refractivity contribution >= 4 is 23.2 Å². The zero-order valence-corrected chi connectivity index (χ0v) is 15.9. The summed E-state index contributed by atoms with van der Waals surface area (Å²) in [5.41, 5.74) is 2.53. The number of anilines is 1. The van der Waals surface area contributed by atoms with E-state index in [0.29, 0.717) is 5.69 Å². The van der Waals surface area contributed by atoms with Gasteiger partial charge in [-0.2, -0.15) is 0 Å². The first-order valence-electron chi connectivity index (χ1n) is 10.00. The highest BCUT2D eigenvalue weighted by Crippen LogP contribution is 2.62. The molecule has 29 heavy (non-hydrogen) atoms. The molecular weight excluding hydrogens is 368 g/mol. The van der Waals surface area contributed by atoms with Gasteiger partial charge in [-0.1, -0.05) is 23.4 Å². The van der Waals surface area contributed by atoms with Crippen LogP contribution in [0.15, 0.2) is 59.8 Å². The zero-order chi connectivity index (χ0) is 19.7. The number of methoxy groups -OCH3 is 1. The minimum absolute atomic E-state index is 0.0414. The fourth-order valence-corrected chi connectivity index (χ4v) is 5.96. The Kier molecular flexibility index (Phi) is 3.43. The van der Waals surface area contributed by atoms with Crippen molar-refractivity contribution in [3.05, 3.63) is 60.2 Å². The first-order valence-corrected chi connectivity index (χ1v) is 10.00. The summed E-state index contributed by atoms with van der Waals surface area (Å²) in [6.07, 6.45) is 0.728. The smallest absolute Gasteiger partial charge is 0.238 e. The minimum atomic E-state index is -0.292. The molecule has 6 rings (SSSR count). The summed E-state index contributed by atoms with van der Waals surface area (Å²) in [5, 5.41) is 4.38. The number of nitrogens with zero attached hydrogens (tertiary/aromatic N) is 2. The van der Waals surface area contributed by atoms with Crippen molar-refractivity contribution in [2.75, 3.05) is 12.0 Å². The van der Waals surface area contributed by atoms with Crippen LogP contribution in [0.5, 0.6) is 5.75 Å². The van der Waals surface area contributed by atoms with Crippen molar-refractivity contribution in [1.82, 2.24) is 0 Å². The van der Waals surface area contributed by atoms with Crippen LogP contribution in [0.2, 0.25) is 0 Å². The van der Waals surface area contributed by atoms with Crippen molar-refractivity contribution in [1.29, 1.82) is 0 Å². The third-order valence-electron chi connectivity index (χ3n) is 7.09. The number of carbonyl (C=O) groups excluding carboxylic acids is 2. The normalized spacial score (nSPS) is 34.1. The van der Waals surface area contributed by atoms with Gasteiger partial charge in [-0.05, 0) is 48.7 Å². The van der Waals surface area contributed by atoms with E-state index in [0.717, 1.165) is 23.4 Å². The van der Waals surface area contributed by atoms with Crippen molar-refractivity contribution in [3.63, 3.8) is 0 Å². The van der Waals surface area contributed by atoms with Crippen LogP contribution in [0.4, 0.5) is 5.69 Å². The zero-order valence-electron chi connectivity index (χ0n) is 15.9. The lowest BCUT2D eigenvalue weighted by Crippen LogP contribution is -2.41. The molecule has 2 amide bonds. The van der Waals surface area contributed by atoms with Crippen LogP contribution >= 0.6 is 0 Å². The summed E-state index contributed by atoms with van der Waals surface area (Å²) in [5.74, 6) is 0.244. The van der Waals surface area contributed by atoms with E-state index in [4.69, 9.17) is 9.57 Å². The van der Waals surface area contributed by atoms with Crippen molar-refractivity contribution in [3.8, 4) is 5.75 Å². The number of rotatable bonds is 3. The molecule has 2 saturated carbocycles. The predicted octanol–water partition coefficient (Wildman–Crippen LogP) is 2.87. The lowest BCUT2D eigenvalue weighted by atomic mass is 9.71. The molecule has 2 aliphatic carbocycles. The molecule has 2 bridgehead atoms. The van der Waals surface area contributed by atoms with Crippen LogP contribution in [-0.2, 0) is 14.4 Å². The molecule has 6 heteroatoms. The highest BCUT2D eigenvalue weighted by Gasteiger charge is 2.70. The maximum atomic E-state index is 13.3. The summed E-state index contributed by atoms with van der Waals surface area (Å²) in [4.78, 5) is 33.7. The van der Waals surface area contributed by atoms with Crippen molar-refractivity contribution < 1.29 is 19.2 Å². The molecule has 0 aromatic heterocycles. The number of hydrogen-bond donors (Lipinski definition) is 0. The van der Waals surface area contributed by atoms with E-state index in [9.17, 15) is 9.59 Å². The average molecular weight is 388 g/mol. The molecule has 2 aliphatic heterocycles. The van der Waals surface area contributed by atoms with Gasteiger partial charge in [-0.3, -0.25) is 14.5 Å². The fourth-order valence-electron chi connectivity index (χ4n) is 5.96. The molecule has 146 valence electrons. The van der Waals surface area contributed by atoms with Gasteiger partial charge >= 0.3 is 0 Å². The van der Waals surface area contributed by atoms with Crippen molar-refractivity contribution in [2.45, 2.75) is 12.5 Å². The Balaban J connectivity index is 1.34. The molecule has 1 saturated heterocycles. The Bertz CT molecular complexity index is 1030. The Hall–Kier alpha value is -3.15. The molecule has 3 fully saturated rings. The number of carbonyl (C=O) groups is 2. The first kappa shape index (κ1) is 16.8. The maximum absolute atomic E-state index is 13.3. The van der Waals surface area contributed by atoms with E-state index < -0.39 is 0 Å². The number of imide groups is 1. The van der Waals surface area contributed by atoms with Gasteiger partial charge in [0.15, 0.2) is 0 Å². The second kappa shape index (κ2) is 5.92. The molecule has 0 N–H and O–H groups in total. The van der Waals surface area contributed by atoms with E-state index in [-0.39, 0.29) is 47.5 Å². The van der Waals surface area contributed by atoms with Crippen LogP contribution < -0.4 is 9.64 Å². The summed E-state index contributed by atoms with van der Waals surface area (Å²) in [7, 11) is 1.64. The second-order valence-corrected chi connectivity index (χ2v) is 8.26. The summed E-state index contributed by atoms with van der Waals surface area (Å²) < 4.78 is 5.25. The summed E-state index contributed by atoms with van der Waals surface area (Å²) in [6, 6.07) is 17.0. The van der Waals surface area contributed by atoms with Crippen LogP contribution in [-0.4, -0.2) is 30.7 Å². The topological polar surface area (TPSA) is 68.2 Å². The summed E-state index contributed by atoms with van der Waals surface area (Å²) in [6.45, 7) is 0. The number of fused-ring (bicyclic) bond motifs is 8. The first-order chi connectivity index (χ1) is 14.2. The van der Waals surface area contributed by atoms with E-state index in [2.05, 4.69) is 5.16 Å². The number of amides is 2. The second-order valence-electron chi connectivity index (χ2n) is 8.26. The minimum Gasteiger partial charge on any atom is -0.497 e. The van der Waals surface area contributed by atoms with Gasteiger partial charge in [0, 0.05) is 17.4 Å². The Morgan fingerprint density at radius 1 is 0.931 bits per heavy atom. The predicted molar refractivity (Wildman–Crippen MR) is 105 cm³/mol. The molecule has 0 spiro atoms. The monoisotopic (exact) mass is 388 g/mol. The quantitative estimate of drug-likeness (QED) is 0.759. The van der Waals surface area contributed by atoms with Gasteiger partial charge in [-0.15, -0.1) is 0 Å². The van der Waals surface area contributed by atoms with Gasteiger partial charge < -0.3 is 9.57 Å². The average Bonchev–Trinajstić information content (AvgIpc) is 3.49. The largest absolute Gasteiger partial charge is 0.497 e. The van der Waals surface area contributed by atoms with Crippen LogP contribution in [0, 0.1) is 29.6 Å². The standard InChI is InChI=1S/C23H20N2O4/c1-28-14-9-7-12(8-10-14)20-19-15-11-16(21(19)29-24-20)18-17(15)22(26)25(23(18)27)13-5-3-2-4-6-13/h2-10,15-19,21H,11H2,1H3/t15-,16+,17-,18+,19-,21-/m1/s1. The van der Waals surface area contributed by atoms with Crippen LogP contribution in [0.25, 0.3) is 0 Å². The fraction of sp³-hybridized carbons (Fsp3) is 0.348. The van der Waals surface area contributed by atoms with E-state index in [1.165, 1.54) is 4.90 Å². The lowest BCUT2D eigenvalue weighted by molar-refractivity contribution is -0.125. The van der Waals surface area contributed by atoms with Crippen LogP contribution in [0.1, 0.15) is 12.0 Å². The van der Waals surface area contributed by atoms with Crippen LogP contribution in [0.3, 0.4) is 0 Å². The van der Waals surface area contributed by atoms with Gasteiger partial charge in [0.25, 0.3) is 0 Å². The van der Waals surface area contributed by atoms with Gasteiger partial charge in [0.05, 0.1) is 30.3 Å². The van der Waals surface area contributed by atoms with Crippen molar-refractivity contribution in [2.24, 2.45) is 34.7 Å². The number of ether oxygens (including phenoxy) is 1.